The van der Waals surface area contributed by atoms with Crippen LogP contribution in [0.25, 0.3) is 10.9 Å². The second-order valence-electron chi connectivity index (χ2n) is 8.20. The molecule has 29 heavy (non-hydrogen) atoms. The molecule has 2 heterocycles. The van der Waals surface area contributed by atoms with E-state index in [9.17, 15) is 9.59 Å². The monoisotopic (exact) mass is 397 g/mol. The smallest absolute Gasteiger partial charge is 0.317 e. The molecule has 0 bridgehead atoms. The molecule has 156 valence electrons. The van der Waals surface area contributed by atoms with E-state index in [1.807, 2.05) is 24.8 Å². The predicted octanol–water partition coefficient (Wildman–Crippen LogP) is 2.29. The summed E-state index contributed by atoms with van der Waals surface area (Å²) in [6.07, 6.45) is 1.76. The Kier molecular flexibility index (Phi) is 5.25. The zero-order valence-corrected chi connectivity index (χ0v) is 17.7. The molecule has 3 atom stereocenters. The molecule has 1 aliphatic carbocycles. The van der Waals surface area contributed by atoms with Gasteiger partial charge in [-0.3, -0.25) is 4.79 Å². The average Bonchev–Trinajstić information content (AvgIpc) is 3.09. The van der Waals surface area contributed by atoms with Crippen LogP contribution in [0.4, 0.5) is 4.79 Å². The lowest BCUT2D eigenvalue weighted by molar-refractivity contribution is 0.0954. The van der Waals surface area contributed by atoms with Crippen LogP contribution in [0.5, 0.6) is 0 Å². The summed E-state index contributed by atoms with van der Waals surface area (Å²) >= 11 is 0. The van der Waals surface area contributed by atoms with Crippen LogP contribution >= 0.6 is 0 Å². The fourth-order valence-electron chi connectivity index (χ4n) is 5.23. The van der Waals surface area contributed by atoms with Gasteiger partial charge in [0.15, 0.2) is 0 Å². The van der Waals surface area contributed by atoms with Gasteiger partial charge in [-0.1, -0.05) is 12.1 Å². The quantitative estimate of drug-likeness (QED) is 0.741. The molecule has 0 spiro atoms. The standard InChI is InChI=1S/C22H31N5O2/c1-5-27(6-2)22(29)24-13-10-15-14-8-7-9-17-19(14)16(11-18(15)26(4)12-13)20(25-17)21(28)23-3/h7-9,13,15,18,25H,5-6,10-12H2,1-4H3,(H,23,28)(H,24,29)/t13?,15-,18-/m1/s1. The van der Waals surface area contributed by atoms with Gasteiger partial charge < -0.3 is 25.4 Å². The number of fused-ring (bicyclic) bond motifs is 2. The van der Waals surface area contributed by atoms with Crippen LogP contribution in [-0.4, -0.2) is 72.5 Å². The molecule has 1 aromatic heterocycles. The number of carbonyl (C=O) groups is 2. The fourth-order valence-corrected chi connectivity index (χ4v) is 5.23. The van der Waals surface area contributed by atoms with Crippen molar-refractivity contribution in [2.45, 2.75) is 44.7 Å². The van der Waals surface area contributed by atoms with Crippen molar-refractivity contribution in [3.63, 3.8) is 0 Å². The second-order valence-corrected chi connectivity index (χ2v) is 8.20. The van der Waals surface area contributed by atoms with Crippen molar-refractivity contribution < 1.29 is 9.59 Å². The lowest BCUT2D eigenvalue weighted by Crippen LogP contribution is -2.56. The van der Waals surface area contributed by atoms with E-state index in [-0.39, 0.29) is 18.0 Å². The predicted molar refractivity (Wildman–Crippen MR) is 114 cm³/mol. The highest BCUT2D eigenvalue weighted by Gasteiger charge is 2.41. The van der Waals surface area contributed by atoms with E-state index in [2.05, 4.69) is 39.7 Å². The molecule has 1 fully saturated rings. The Morgan fingerprint density at radius 1 is 1.28 bits per heavy atom. The van der Waals surface area contributed by atoms with Crippen molar-refractivity contribution in [1.29, 1.82) is 0 Å². The third-order valence-corrected chi connectivity index (χ3v) is 6.68. The van der Waals surface area contributed by atoms with Crippen molar-refractivity contribution in [1.82, 2.24) is 25.4 Å². The minimum Gasteiger partial charge on any atom is -0.354 e. The molecule has 1 aliphatic heterocycles. The minimum absolute atomic E-state index is 0.0186. The first-order valence-electron chi connectivity index (χ1n) is 10.6. The number of nitrogens with one attached hydrogen (secondary N) is 3. The lowest BCUT2D eigenvalue weighted by atomic mass is 9.73. The molecule has 1 saturated heterocycles. The maximum absolute atomic E-state index is 12.6. The first-order chi connectivity index (χ1) is 14.0. The van der Waals surface area contributed by atoms with Gasteiger partial charge in [-0.05, 0) is 50.9 Å². The van der Waals surface area contributed by atoms with Gasteiger partial charge in [-0.25, -0.2) is 4.79 Å². The molecular formula is C22H31N5O2. The summed E-state index contributed by atoms with van der Waals surface area (Å²) < 4.78 is 0. The Balaban J connectivity index is 1.67. The molecule has 0 radical (unpaired) electrons. The van der Waals surface area contributed by atoms with Crippen LogP contribution in [0.3, 0.4) is 0 Å². The summed E-state index contributed by atoms with van der Waals surface area (Å²) in [4.78, 5) is 32.5. The van der Waals surface area contributed by atoms with Crippen molar-refractivity contribution in [3.8, 4) is 0 Å². The summed E-state index contributed by atoms with van der Waals surface area (Å²) in [5.41, 5.74) is 4.10. The number of piperidine rings is 1. The van der Waals surface area contributed by atoms with Crippen LogP contribution in [-0.2, 0) is 6.42 Å². The second kappa shape index (κ2) is 7.71. The van der Waals surface area contributed by atoms with Crippen LogP contribution in [0.15, 0.2) is 18.2 Å². The highest BCUT2D eigenvalue weighted by Crippen LogP contribution is 2.44. The first kappa shape index (κ1) is 19.8. The molecule has 7 nitrogen and oxygen atoms in total. The third-order valence-electron chi connectivity index (χ3n) is 6.68. The van der Waals surface area contributed by atoms with E-state index in [1.54, 1.807) is 7.05 Å². The van der Waals surface area contributed by atoms with E-state index in [4.69, 9.17) is 0 Å². The van der Waals surface area contributed by atoms with Crippen molar-refractivity contribution in [3.05, 3.63) is 35.0 Å². The first-order valence-corrected chi connectivity index (χ1v) is 10.6. The Bertz CT molecular complexity index is 933. The highest BCUT2D eigenvalue weighted by molar-refractivity contribution is 6.02. The third kappa shape index (κ3) is 3.27. The number of aromatic nitrogens is 1. The molecular weight excluding hydrogens is 366 g/mol. The lowest BCUT2D eigenvalue weighted by Gasteiger charge is -2.46. The van der Waals surface area contributed by atoms with E-state index in [0.29, 0.717) is 30.7 Å². The Morgan fingerprint density at radius 2 is 2.03 bits per heavy atom. The molecule has 2 aromatic rings. The van der Waals surface area contributed by atoms with Gasteiger partial charge in [-0.15, -0.1) is 0 Å². The normalized spacial score (nSPS) is 23.5. The number of rotatable bonds is 4. The molecule has 3 amide bonds. The number of urea groups is 1. The molecule has 4 rings (SSSR count). The summed E-state index contributed by atoms with van der Waals surface area (Å²) in [6.45, 7) is 6.26. The Hall–Kier alpha value is -2.54. The van der Waals surface area contributed by atoms with E-state index < -0.39 is 0 Å². The molecule has 3 N–H and O–H groups in total. The van der Waals surface area contributed by atoms with Crippen LogP contribution in [0, 0.1) is 0 Å². The Labute approximate surface area is 171 Å². The van der Waals surface area contributed by atoms with E-state index in [0.717, 1.165) is 30.5 Å². The zero-order valence-electron chi connectivity index (χ0n) is 17.7. The Morgan fingerprint density at radius 3 is 2.72 bits per heavy atom. The van der Waals surface area contributed by atoms with E-state index in [1.165, 1.54) is 10.9 Å². The number of aromatic amines is 1. The number of H-pyrrole nitrogens is 1. The number of benzene rings is 1. The van der Waals surface area contributed by atoms with Crippen molar-refractivity contribution in [2.24, 2.45) is 0 Å². The number of amides is 3. The van der Waals surface area contributed by atoms with Crippen LogP contribution in [0.1, 0.15) is 47.8 Å². The summed E-state index contributed by atoms with van der Waals surface area (Å²) in [6, 6.07) is 6.75. The molecule has 0 saturated carbocycles. The number of likely N-dealkylation sites (N-methyl/N-ethyl adjacent to an activating group) is 1. The van der Waals surface area contributed by atoms with Gasteiger partial charge in [0.05, 0.1) is 0 Å². The molecule has 7 heteroatoms. The van der Waals surface area contributed by atoms with E-state index >= 15 is 0 Å². The average molecular weight is 398 g/mol. The van der Waals surface area contributed by atoms with Gasteiger partial charge in [0, 0.05) is 55.6 Å². The van der Waals surface area contributed by atoms with Gasteiger partial charge in [0.25, 0.3) is 5.91 Å². The van der Waals surface area contributed by atoms with Crippen molar-refractivity contribution in [2.75, 3.05) is 33.7 Å². The van der Waals surface area contributed by atoms with Gasteiger partial charge in [0.1, 0.15) is 5.69 Å². The number of likely N-dealkylation sites (tertiary alicyclic amines) is 1. The zero-order chi connectivity index (χ0) is 20.7. The highest BCUT2D eigenvalue weighted by atomic mass is 16.2. The van der Waals surface area contributed by atoms with Gasteiger partial charge in [-0.2, -0.15) is 0 Å². The summed E-state index contributed by atoms with van der Waals surface area (Å²) in [5, 5.41) is 7.20. The van der Waals surface area contributed by atoms with Gasteiger partial charge >= 0.3 is 6.03 Å². The van der Waals surface area contributed by atoms with Crippen LogP contribution < -0.4 is 10.6 Å². The largest absolute Gasteiger partial charge is 0.354 e. The SMILES string of the molecule is CCN(CC)C(=O)NC1C[C@@H]2c3cccc4[nH]c(C(=O)NC)c(c34)C[C@H]2N(C)C1. The molecule has 1 unspecified atom stereocenters. The summed E-state index contributed by atoms with van der Waals surface area (Å²) in [5.74, 6) is 0.267. The van der Waals surface area contributed by atoms with Crippen LogP contribution in [0.2, 0.25) is 0 Å². The number of carbonyl (C=O) groups excluding carboxylic acids is 2. The maximum Gasteiger partial charge on any atom is 0.317 e. The molecule has 2 aliphatic rings. The molecule has 1 aromatic carbocycles. The topological polar surface area (TPSA) is 80.5 Å². The number of hydrogen-bond acceptors (Lipinski definition) is 3. The number of nitrogens with zero attached hydrogens (tertiary/aromatic N) is 2. The number of hydrogen-bond donors (Lipinski definition) is 3. The fraction of sp³-hybridized carbons (Fsp3) is 0.545. The minimum atomic E-state index is -0.0663. The van der Waals surface area contributed by atoms with Crippen molar-refractivity contribution >= 4 is 22.8 Å². The maximum atomic E-state index is 12.6. The van der Waals surface area contributed by atoms with Gasteiger partial charge in [0.2, 0.25) is 0 Å². The summed E-state index contributed by atoms with van der Waals surface area (Å²) in [7, 11) is 3.80.